The molecule has 1 aromatic carbocycles. The zero-order chi connectivity index (χ0) is 27.0. The summed E-state index contributed by atoms with van der Waals surface area (Å²) in [5, 5.41) is 14.2. The van der Waals surface area contributed by atoms with Crippen LogP contribution in [0.5, 0.6) is 0 Å². The number of fused-ring (bicyclic) bond motifs is 1. The van der Waals surface area contributed by atoms with Crippen molar-refractivity contribution < 1.29 is 55.3 Å². The van der Waals surface area contributed by atoms with E-state index in [2.05, 4.69) is 23.9 Å². The van der Waals surface area contributed by atoms with Crippen molar-refractivity contribution in [1.82, 2.24) is 9.80 Å². The van der Waals surface area contributed by atoms with Crippen LogP contribution < -0.4 is 0 Å². The Morgan fingerprint density at radius 2 is 1.51 bits per heavy atom. The maximum absolute atomic E-state index is 13.0. The molecule has 7 nitrogen and oxygen atoms in total. The third-order valence-electron chi connectivity index (χ3n) is 5.23. The predicted molar refractivity (Wildman–Crippen MR) is 109 cm³/mol. The smallest absolute Gasteiger partial charge is 0.475 e. The van der Waals surface area contributed by atoms with E-state index < -0.39 is 24.3 Å². The Hall–Kier alpha value is -2.45. The van der Waals surface area contributed by atoms with Crippen molar-refractivity contribution >= 4 is 11.9 Å². The van der Waals surface area contributed by atoms with Gasteiger partial charge in [0.1, 0.15) is 5.82 Å². The van der Waals surface area contributed by atoms with Crippen LogP contribution >= 0.6 is 0 Å². The molecule has 0 radical (unpaired) electrons. The first-order valence-electron chi connectivity index (χ1n) is 10.3. The Bertz CT molecular complexity index is 792. The van der Waals surface area contributed by atoms with E-state index in [0.717, 1.165) is 32.8 Å². The molecule has 0 amide bonds. The van der Waals surface area contributed by atoms with Crippen molar-refractivity contribution in [3.8, 4) is 0 Å². The number of hydrogen-bond donors (Lipinski definition) is 2. The van der Waals surface area contributed by atoms with Gasteiger partial charge in [0.25, 0.3) is 0 Å². The Balaban J connectivity index is 0.000000362. The second-order valence-corrected chi connectivity index (χ2v) is 8.31. The third-order valence-corrected chi connectivity index (χ3v) is 5.23. The van der Waals surface area contributed by atoms with Gasteiger partial charge in [0.05, 0.1) is 12.7 Å². The number of carboxylic acids is 2. The van der Waals surface area contributed by atoms with Gasteiger partial charge in [-0.15, -0.1) is 0 Å². The van der Waals surface area contributed by atoms with Gasteiger partial charge in [0.2, 0.25) is 0 Å². The minimum atomic E-state index is -5.08. The average molecular weight is 520 g/mol. The highest BCUT2D eigenvalue weighted by Gasteiger charge is 2.41. The minimum Gasteiger partial charge on any atom is -0.475 e. The molecule has 0 unspecified atom stereocenters. The second-order valence-electron chi connectivity index (χ2n) is 8.31. The summed E-state index contributed by atoms with van der Waals surface area (Å²) in [5.74, 6) is -4.31. The number of nitrogens with zero attached hydrogens (tertiary/aromatic N) is 2. The maximum Gasteiger partial charge on any atom is 0.490 e. The standard InChI is InChI=1S/C17H25FN2O.2C2HF3O2/c1-19(2)11-17-16-7-8-20(10-14(16)12-21-17)9-13-3-5-15(18)6-4-13;2*3-2(4,5)1(6)7/h3-6,14,16-17H,7-12H2,1-2H3;2*(H,6,7)/t14-,16-,17+;;/m1../s1. The lowest BCUT2D eigenvalue weighted by Crippen LogP contribution is -2.42. The number of benzene rings is 1. The number of likely N-dealkylation sites (N-methyl/N-ethyl adjacent to an activating group) is 1. The van der Waals surface area contributed by atoms with E-state index in [1.807, 2.05) is 12.1 Å². The van der Waals surface area contributed by atoms with Gasteiger partial charge in [-0.3, -0.25) is 4.90 Å². The van der Waals surface area contributed by atoms with Gasteiger partial charge in [-0.25, -0.2) is 14.0 Å². The summed E-state index contributed by atoms with van der Waals surface area (Å²) >= 11 is 0. The first-order chi connectivity index (χ1) is 16.0. The van der Waals surface area contributed by atoms with Gasteiger partial charge in [-0.1, -0.05) is 12.1 Å². The minimum absolute atomic E-state index is 0.159. The van der Waals surface area contributed by atoms with Crippen molar-refractivity contribution in [1.29, 1.82) is 0 Å². The Morgan fingerprint density at radius 1 is 1.03 bits per heavy atom. The van der Waals surface area contributed by atoms with Crippen molar-refractivity contribution in [3.05, 3.63) is 35.6 Å². The Kier molecular flexibility index (Phi) is 11.4. The lowest BCUT2D eigenvalue weighted by atomic mass is 9.84. The molecule has 0 aromatic heterocycles. The summed E-state index contributed by atoms with van der Waals surface area (Å²) in [6, 6.07) is 6.88. The second kappa shape index (κ2) is 13.0. The van der Waals surface area contributed by atoms with Crippen LogP contribution in [0.3, 0.4) is 0 Å². The summed E-state index contributed by atoms with van der Waals surface area (Å²) in [6.07, 6.45) is -8.55. The molecule has 200 valence electrons. The molecule has 14 heteroatoms. The third kappa shape index (κ3) is 11.2. The SMILES string of the molecule is CN(C)C[C@@H]1OC[C@H]2CN(Cc3ccc(F)cc3)CC[C@H]21.O=C(O)C(F)(F)F.O=C(O)C(F)(F)F. The molecular formula is C21H27F7N2O5. The van der Waals surface area contributed by atoms with Crippen molar-refractivity contribution in [2.75, 3.05) is 40.3 Å². The molecule has 3 atom stereocenters. The van der Waals surface area contributed by atoms with Crippen LogP contribution in [0, 0.1) is 17.7 Å². The van der Waals surface area contributed by atoms with E-state index in [-0.39, 0.29) is 5.82 Å². The molecule has 2 fully saturated rings. The molecular weight excluding hydrogens is 493 g/mol. The number of rotatable bonds is 4. The number of ether oxygens (including phenoxy) is 1. The highest BCUT2D eigenvalue weighted by molar-refractivity contribution is 5.73. The number of hydrogen-bond acceptors (Lipinski definition) is 5. The molecule has 2 saturated heterocycles. The Labute approximate surface area is 197 Å². The summed E-state index contributed by atoms with van der Waals surface area (Å²) in [4.78, 5) is 22.5. The molecule has 35 heavy (non-hydrogen) atoms. The van der Waals surface area contributed by atoms with E-state index in [4.69, 9.17) is 24.5 Å². The molecule has 2 aliphatic rings. The average Bonchev–Trinajstić information content (AvgIpc) is 3.10. The van der Waals surface area contributed by atoms with Gasteiger partial charge in [0, 0.05) is 25.6 Å². The van der Waals surface area contributed by atoms with Crippen LogP contribution in [0.25, 0.3) is 0 Å². The number of carbonyl (C=O) groups is 2. The number of piperidine rings is 1. The molecule has 1 aromatic rings. The van der Waals surface area contributed by atoms with Crippen LogP contribution in [-0.2, 0) is 20.9 Å². The van der Waals surface area contributed by atoms with Crippen molar-refractivity contribution in [2.24, 2.45) is 11.8 Å². The van der Waals surface area contributed by atoms with Gasteiger partial charge >= 0.3 is 24.3 Å². The fourth-order valence-electron chi connectivity index (χ4n) is 3.70. The van der Waals surface area contributed by atoms with E-state index in [1.165, 1.54) is 12.0 Å². The Morgan fingerprint density at radius 3 is 1.94 bits per heavy atom. The highest BCUT2D eigenvalue weighted by Crippen LogP contribution is 2.35. The lowest BCUT2D eigenvalue weighted by molar-refractivity contribution is -0.193. The van der Waals surface area contributed by atoms with Gasteiger partial charge in [-0.2, -0.15) is 26.3 Å². The zero-order valence-electron chi connectivity index (χ0n) is 18.9. The highest BCUT2D eigenvalue weighted by atomic mass is 19.4. The number of alkyl halides is 6. The molecule has 2 aliphatic heterocycles. The van der Waals surface area contributed by atoms with Gasteiger partial charge in [0.15, 0.2) is 0 Å². The van der Waals surface area contributed by atoms with Crippen LogP contribution in [-0.4, -0.2) is 90.7 Å². The van der Waals surface area contributed by atoms with Gasteiger partial charge < -0.3 is 19.8 Å². The molecule has 0 saturated carbocycles. The number of aliphatic carboxylic acids is 2. The molecule has 0 bridgehead atoms. The van der Waals surface area contributed by atoms with Crippen LogP contribution in [0.1, 0.15) is 12.0 Å². The number of carboxylic acid groups (broad SMARTS) is 2. The van der Waals surface area contributed by atoms with Crippen molar-refractivity contribution in [2.45, 2.75) is 31.4 Å². The quantitative estimate of drug-likeness (QED) is 0.588. The van der Waals surface area contributed by atoms with E-state index in [0.29, 0.717) is 17.9 Å². The molecule has 3 rings (SSSR count). The molecule has 2 heterocycles. The van der Waals surface area contributed by atoms with Crippen LogP contribution in [0.4, 0.5) is 30.7 Å². The topological polar surface area (TPSA) is 90.3 Å². The van der Waals surface area contributed by atoms with E-state index in [9.17, 15) is 30.7 Å². The normalized spacial score (nSPS) is 22.4. The van der Waals surface area contributed by atoms with Gasteiger partial charge in [-0.05, 0) is 50.7 Å². The maximum atomic E-state index is 13.0. The number of halogens is 7. The monoisotopic (exact) mass is 520 g/mol. The zero-order valence-corrected chi connectivity index (χ0v) is 18.9. The fourth-order valence-corrected chi connectivity index (χ4v) is 3.70. The largest absolute Gasteiger partial charge is 0.490 e. The fraction of sp³-hybridized carbons (Fsp3) is 0.619. The van der Waals surface area contributed by atoms with Crippen LogP contribution in [0.2, 0.25) is 0 Å². The summed E-state index contributed by atoms with van der Waals surface area (Å²) in [7, 11) is 4.22. The van der Waals surface area contributed by atoms with Crippen molar-refractivity contribution in [3.63, 3.8) is 0 Å². The summed E-state index contributed by atoms with van der Waals surface area (Å²) in [6.45, 7) is 5.06. The predicted octanol–water partition coefficient (Wildman–Crippen LogP) is 3.49. The first kappa shape index (κ1) is 30.6. The molecule has 0 spiro atoms. The number of likely N-dealkylation sites (tertiary alicyclic amines) is 1. The molecule has 0 aliphatic carbocycles. The lowest BCUT2D eigenvalue weighted by Gasteiger charge is -2.36. The summed E-state index contributed by atoms with van der Waals surface area (Å²) < 4.78 is 82.4. The van der Waals surface area contributed by atoms with E-state index >= 15 is 0 Å². The molecule has 2 N–H and O–H groups in total. The van der Waals surface area contributed by atoms with E-state index in [1.54, 1.807) is 12.1 Å². The van der Waals surface area contributed by atoms with Crippen LogP contribution in [0.15, 0.2) is 24.3 Å². The summed E-state index contributed by atoms with van der Waals surface area (Å²) in [5.41, 5.74) is 1.19. The first-order valence-corrected chi connectivity index (χ1v) is 10.3.